The molecule has 0 fully saturated rings. The second kappa shape index (κ2) is 5.51. The van der Waals surface area contributed by atoms with Gasteiger partial charge in [0.1, 0.15) is 0 Å². The molecule has 0 aliphatic heterocycles. The number of aromatic nitrogens is 1. The van der Waals surface area contributed by atoms with E-state index in [1.807, 2.05) is 43.3 Å². The molecule has 0 aliphatic carbocycles. The van der Waals surface area contributed by atoms with Crippen LogP contribution in [-0.2, 0) is 6.54 Å². The smallest absolute Gasteiger partial charge is 0.219 e. The number of para-hydroxylation sites is 2. The third kappa shape index (κ3) is 2.60. The Hall–Kier alpha value is -2.07. The van der Waals surface area contributed by atoms with Gasteiger partial charge >= 0.3 is 0 Å². The highest BCUT2D eigenvalue weighted by atomic mass is 16.5. The summed E-state index contributed by atoms with van der Waals surface area (Å²) in [4.78, 5) is 4.36. The van der Waals surface area contributed by atoms with Crippen LogP contribution < -0.4 is 15.2 Å². The molecule has 0 bridgehead atoms. The van der Waals surface area contributed by atoms with Crippen LogP contribution in [0.5, 0.6) is 17.4 Å². The second-order valence-electron chi connectivity index (χ2n) is 3.85. The molecular formula is C14H16N2O2. The van der Waals surface area contributed by atoms with E-state index >= 15 is 0 Å². The largest absolute Gasteiger partial charge is 0.493 e. The average Bonchev–Trinajstić information content (AvgIpc) is 2.39. The van der Waals surface area contributed by atoms with Crippen molar-refractivity contribution in [3.8, 4) is 17.4 Å². The van der Waals surface area contributed by atoms with Crippen LogP contribution in [0.15, 0.2) is 36.4 Å². The van der Waals surface area contributed by atoms with Crippen LogP contribution in [0, 0.1) is 6.92 Å². The molecule has 1 aromatic carbocycles. The summed E-state index contributed by atoms with van der Waals surface area (Å²) < 4.78 is 10.9. The molecule has 4 heteroatoms. The van der Waals surface area contributed by atoms with E-state index in [9.17, 15) is 0 Å². The summed E-state index contributed by atoms with van der Waals surface area (Å²) in [5.41, 5.74) is 7.49. The number of methoxy groups -OCH3 is 1. The lowest BCUT2D eigenvalue weighted by atomic mass is 10.2. The van der Waals surface area contributed by atoms with Crippen LogP contribution in [0.2, 0.25) is 0 Å². The Balaban J connectivity index is 2.26. The van der Waals surface area contributed by atoms with E-state index in [0.717, 1.165) is 11.3 Å². The molecule has 1 aromatic heterocycles. The van der Waals surface area contributed by atoms with Gasteiger partial charge in [-0.25, -0.2) is 4.98 Å². The summed E-state index contributed by atoms with van der Waals surface area (Å²) >= 11 is 0. The van der Waals surface area contributed by atoms with E-state index in [1.165, 1.54) is 0 Å². The fourth-order valence-corrected chi connectivity index (χ4v) is 1.66. The highest BCUT2D eigenvalue weighted by molar-refractivity contribution is 5.41. The number of rotatable bonds is 4. The summed E-state index contributed by atoms with van der Waals surface area (Å²) in [5.74, 6) is 1.86. The first kappa shape index (κ1) is 12.4. The Morgan fingerprint density at radius 2 is 1.83 bits per heavy atom. The lowest BCUT2D eigenvalue weighted by molar-refractivity contribution is 0.374. The van der Waals surface area contributed by atoms with Gasteiger partial charge in [-0.2, -0.15) is 0 Å². The van der Waals surface area contributed by atoms with Gasteiger partial charge in [0.05, 0.1) is 7.11 Å². The van der Waals surface area contributed by atoms with Crippen molar-refractivity contribution in [1.82, 2.24) is 4.98 Å². The van der Waals surface area contributed by atoms with Crippen molar-refractivity contribution < 1.29 is 9.47 Å². The molecule has 0 spiro atoms. The summed E-state index contributed by atoms with van der Waals surface area (Å²) in [6.45, 7) is 2.39. The molecule has 4 nitrogen and oxygen atoms in total. The molecule has 2 aromatic rings. The van der Waals surface area contributed by atoms with Crippen LogP contribution in [0.4, 0.5) is 0 Å². The summed E-state index contributed by atoms with van der Waals surface area (Å²) in [7, 11) is 1.61. The third-order valence-electron chi connectivity index (χ3n) is 2.67. The first-order chi connectivity index (χ1) is 8.74. The van der Waals surface area contributed by atoms with Crippen LogP contribution >= 0.6 is 0 Å². The number of benzene rings is 1. The molecule has 94 valence electrons. The van der Waals surface area contributed by atoms with Crippen molar-refractivity contribution in [3.63, 3.8) is 0 Å². The van der Waals surface area contributed by atoms with Crippen molar-refractivity contribution >= 4 is 0 Å². The maximum absolute atomic E-state index is 5.70. The number of hydrogen-bond donors (Lipinski definition) is 1. The Morgan fingerprint density at radius 3 is 2.44 bits per heavy atom. The highest BCUT2D eigenvalue weighted by Gasteiger charge is 2.06. The van der Waals surface area contributed by atoms with Gasteiger partial charge in [-0.1, -0.05) is 18.2 Å². The lowest BCUT2D eigenvalue weighted by Gasteiger charge is -2.10. The predicted molar refractivity (Wildman–Crippen MR) is 69.9 cm³/mol. The maximum Gasteiger partial charge on any atom is 0.219 e. The minimum atomic E-state index is 0.480. The van der Waals surface area contributed by atoms with Crippen molar-refractivity contribution in [2.75, 3.05) is 7.11 Å². The van der Waals surface area contributed by atoms with E-state index in [-0.39, 0.29) is 0 Å². The Bertz CT molecular complexity index is 541. The molecule has 18 heavy (non-hydrogen) atoms. The van der Waals surface area contributed by atoms with E-state index in [0.29, 0.717) is 23.9 Å². The summed E-state index contributed by atoms with van der Waals surface area (Å²) in [6.07, 6.45) is 0. The Morgan fingerprint density at radius 1 is 1.11 bits per heavy atom. The molecule has 0 radical (unpaired) electrons. The summed E-state index contributed by atoms with van der Waals surface area (Å²) in [5, 5.41) is 0. The van der Waals surface area contributed by atoms with Gasteiger partial charge in [0.25, 0.3) is 0 Å². The standard InChI is InChI=1S/C14H16N2O2/c1-10-11(9-15)7-8-14(16-10)18-13-6-4-3-5-12(13)17-2/h3-8H,9,15H2,1-2H3. The van der Waals surface area contributed by atoms with Gasteiger partial charge in [0.2, 0.25) is 5.88 Å². The second-order valence-corrected chi connectivity index (χ2v) is 3.85. The van der Waals surface area contributed by atoms with Crippen molar-refractivity contribution in [3.05, 3.63) is 47.7 Å². The number of nitrogens with two attached hydrogens (primary N) is 1. The van der Waals surface area contributed by atoms with Gasteiger partial charge < -0.3 is 15.2 Å². The molecule has 0 unspecified atom stereocenters. The van der Waals surface area contributed by atoms with Gasteiger partial charge in [-0.05, 0) is 24.6 Å². The number of hydrogen-bond acceptors (Lipinski definition) is 4. The SMILES string of the molecule is COc1ccccc1Oc1ccc(CN)c(C)n1. The van der Waals surface area contributed by atoms with Crippen LogP contribution in [0.1, 0.15) is 11.3 Å². The first-order valence-electron chi connectivity index (χ1n) is 5.72. The fourth-order valence-electron chi connectivity index (χ4n) is 1.66. The molecule has 2 N–H and O–H groups in total. The first-order valence-corrected chi connectivity index (χ1v) is 5.72. The zero-order valence-electron chi connectivity index (χ0n) is 10.5. The third-order valence-corrected chi connectivity index (χ3v) is 2.67. The van der Waals surface area contributed by atoms with Gasteiger partial charge in [0, 0.05) is 18.3 Å². The molecule has 0 aliphatic rings. The number of nitrogens with zero attached hydrogens (tertiary/aromatic N) is 1. The van der Waals surface area contributed by atoms with E-state index in [4.69, 9.17) is 15.2 Å². The number of pyridine rings is 1. The minimum Gasteiger partial charge on any atom is -0.493 e. The number of ether oxygens (including phenoxy) is 2. The van der Waals surface area contributed by atoms with E-state index in [2.05, 4.69) is 4.98 Å². The predicted octanol–water partition coefficient (Wildman–Crippen LogP) is 2.65. The quantitative estimate of drug-likeness (QED) is 0.898. The van der Waals surface area contributed by atoms with Crippen molar-refractivity contribution in [1.29, 1.82) is 0 Å². The summed E-state index contributed by atoms with van der Waals surface area (Å²) in [6, 6.07) is 11.2. The van der Waals surface area contributed by atoms with Crippen LogP contribution in [0.25, 0.3) is 0 Å². The zero-order chi connectivity index (χ0) is 13.0. The molecule has 0 saturated heterocycles. The Kier molecular flexibility index (Phi) is 3.79. The van der Waals surface area contributed by atoms with Gasteiger partial charge in [-0.3, -0.25) is 0 Å². The fraction of sp³-hybridized carbons (Fsp3) is 0.214. The molecule has 1 heterocycles. The monoisotopic (exact) mass is 244 g/mol. The molecule has 0 amide bonds. The normalized spacial score (nSPS) is 10.2. The zero-order valence-corrected chi connectivity index (χ0v) is 10.5. The highest BCUT2D eigenvalue weighted by Crippen LogP contribution is 2.30. The number of aryl methyl sites for hydroxylation is 1. The lowest BCUT2D eigenvalue weighted by Crippen LogP contribution is -2.01. The molecule has 0 saturated carbocycles. The van der Waals surface area contributed by atoms with Crippen LogP contribution in [-0.4, -0.2) is 12.1 Å². The van der Waals surface area contributed by atoms with E-state index in [1.54, 1.807) is 7.11 Å². The Labute approximate surface area is 106 Å². The average molecular weight is 244 g/mol. The molecule has 0 atom stereocenters. The molecule has 2 rings (SSSR count). The van der Waals surface area contributed by atoms with E-state index < -0.39 is 0 Å². The van der Waals surface area contributed by atoms with Crippen molar-refractivity contribution in [2.24, 2.45) is 5.73 Å². The maximum atomic E-state index is 5.70. The topological polar surface area (TPSA) is 57.4 Å². The van der Waals surface area contributed by atoms with Gasteiger partial charge in [-0.15, -0.1) is 0 Å². The molecular weight excluding hydrogens is 228 g/mol. The van der Waals surface area contributed by atoms with Crippen molar-refractivity contribution in [2.45, 2.75) is 13.5 Å². The van der Waals surface area contributed by atoms with Gasteiger partial charge in [0.15, 0.2) is 11.5 Å². The van der Waals surface area contributed by atoms with Crippen LogP contribution in [0.3, 0.4) is 0 Å². The minimum absolute atomic E-state index is 0.480.